The second kappa shape index (κ2) is 6.67. The molecular weight excluding hydrogens is 268 g/mol. The Morgan fingerprint density at radius 1 is 1.58 bits per heavy atom. The molecule has 0 aromatic heterocycles. The van der Waals surface area contributed by atoms with E-state index in [0.717, 1.165) is 0 Å². The van der Waals surface area contributed by atoms with Gasteiger partial charge in [0, 0.05) is 30.9 Å². The summed E-state index contributed by atoms with van der Waals surface area (Å²) >= 11 is -2.12. The molecule has 0 bridgehead atoms. The van der Waals surface area contributed by atoms with Crippen LogP contribution in [-0.4, -0.2) is 56.3 Å². The highest BCUT2D eigenvalue weighted by Crippen LogP contribution is 2.17. The molecule has 1 saturated heterocycles. The average Bonchev–Trinajstić information content (AvgIpc) is 2.27. The van der Waals surface area contributed by atoms with Crippen LogP contribution in [0.15, 0.2) is 0 Å². The zero-order chi connectivity index (χ0) is 14.6. The third kappa shape index (κ3) is 5.46. The van der Waals surface area contributed by atoms with E-state index in [1.807, 2.05) is 20.8 Å². The largest absolute Gasteiger partial charge is 0.772 e. The van der Waals surface area contributed by atoms with Gasteiger partial charge in [0.05, 0.1) is 0 Å². The van der Waals surface area contributed by atoms with Crippen LogP contribution in [0.2, 0.25) is 0 Å². The van der Waals surface area contributed by atoms with Crippen LogP contribution in [0.25, 0.3) is 0 Å². The minimum Gasteiger partial charge on any atom is -0.772 e. The minimum atomic E-state index is -2.12. The van der Waals surface area contributed by atoms with Crippen molar-refractivity contribution in [1.29, 1.82) is 0 Å². The van der Waals surface area contributed by atoms with Crippen LogP contribution in [0.5, 0.6) is 0 Å². The van der Waals surface area contributed by atoms with Crippen molar-refractivity contribution in [3.8, 4) is 0 Å². The number of amides is 1. The number of ether oxygens (including phenoxy) is 1. The molecule has 7 heteroatoms. The van der Waals surface area contributed by atoms with E-state index in [4.69, 9.17) is 4.74 Å². The first kappa shape index (κ1) is 16.4. The predicted octanol–water partition coefficient (Wildman–Crippen LogP) is 0.853. The molecule has 0 radical (unpaired) electrons. The van der Waals surface area contributed by atoms with Gasteiger partial charge < -0.3 is 19.5 Å². The Morgan fingerprint density at radius 3 is 2.74 bits per heavy atom. The van der Waals surface area contributed by atoms with Gasteiger partial charge >= 0.3 is 6.09 Å². The molecule has 1 aliphatic rings. The Balaban J connectivity index is 2.67. The van der Waals surface area contributed by atoms with E-state index in [9.17, 15) is 13.6 Å². The number of hydrogen-bond donors (Lipinski definition) is 1. The fourth-order valence-corrected chi connectivity index (χ4v) is 2.37. The van der Waals surface area contributed by atoms with E-state index in [2.05, 4.69) is 5.32 Å². The van der Waals surface area contributed by atoms with Gasteiger partial charge in [0.15, 0.2) is 0 Å². The second-order valence-corrected chi connectivity index (χ2v) is 7.16. The first-order chi connectivity index (χ1) is 8.70. The summed E-state index contributed by atoms with van der Waals surface area (Å²) in [5.41, 5.74) is -0.542. The van der Waals surface area contributed by atoms with E-state index < -0.39 is 21.9 Å². The quantitative estimate of drug-likeness (QED) is 0.780. The van der Waals surface area contributed by atoms with Crippen molar-refractivity contribution < 1.29 is 18.3 Å². The van der Waals surface area contributed by atoms with E-state index >= 15 is 0 Å². The summed E-state index contributed by atoms with van der Waals surface area (Å²) in [6.07, 6.45) is 0.0467. The second-order valence-electron chi connectivity index (χ2n) is 5.84. The lowest BCUT2D eigenvalue weighted by Crippen LogP contribution is -2.55. The first-order valence-electron chi connectivity index (χ1n) is 6.49. The smallest absolute Gasteiger partial charge is 0.410 e. The van der Waals surface area contributed by atoms with Crippen LogP contribution in [0, 0.1) is 0 Å². The van der Waals surface area contributed by atoms with Crippen LogP contribution in [-0.2, 0) is 15.8 Å². The number of hydrogen-bond acceptors (Lipinski definition) is 5. The van der Waals surface area contributed by atoms with Crippen molar-refractivity contribution in [2.45, 2.75) is 51.0 Å². The van der Waals surface area contributed by atoms with Gasteiger partial charge in [0.25, 0.3) is 0 Å². The van der Waals surface area contributed by atoms with Gasteiger partial charge in [-0.2, -0.15) is 0 Å². The van der Waals surface area contributed by atoms with E-state index in [1.165, 1.54) is 0 Å². The molecule has 0 aromatic rings. The van der Waals surface area contributed by atoms with Crippen LogP contribution in [0.3, 0.4) is 0 Å². The fraction of sp³-hybridized carbons (Fsp3) is 0.917. The molecule has 3 atom stereocenters. The zero-order valence-corrected chi connectivity index (χ0v) is 12.8. The number of carbonyl (C=O) groups excluding carboxylic acids is 1. The molecule has 19 heavy (non-hydrogen) atoms. The molecule has 6 nitrogen and oxygen atoms in total. The van der Waals surface area contributed by atoms with Crippen LogP contribution >= 0.6 is 0 Å². The summed E-state index contributed by atoms with van der Waals surface area (Å²) in [4.78, 5) is 13.7. The lowest BCUT2D eigenvalue weighted by atomic mass is 10.1. The Hall–Kier alpha value is -0.660. The van der Waals surface area contributed by atoms with Crippen molar-refractivity contribution >= 4 is 17.2 Å². The molecular formula is C12H23N2O4S-. The lowest BCUT2D eigenvalue weighted by Gasteiger charge is -2.38. The van der Waals surface area contributed by atoms with Crippen molar-refractivity contribution in [1.82, 2.24) is 10.2 Å². The summed E-state index contributed by atoms with van der Waals surface area (Å²) in [6.45, 7) is 8.93. The molecule has 0 spiro atoms. The molecule has 112 valence electrons. The van der Waals surface area contributed by atoms with Crippen molar-refractivity contribution in [3.63, 3.8) is 0 Å². The number of nitrogens with zero attached hydrogens (tertiary/aromatic N) is 1. The topological polar surface area (TPSA) is 81.7 Å². The number of carbonyl (C=O) groups is 1. The maximum absolute atomic E-state index is 12.1. The summed E-state index contributed by atoms with van der Waals surface area (Å²) < 4.78 is 27.2. The van der Waals surface area contributed by atoms with Gasteiger partial charge in [-0.25, -0.2) is 4.79 Å². The summed E-state index contributed by atoms with van der Waals surface area (Å²) in [5.74, 6) is 0. The molecule has 1 rings (SSSR count). The maximum Gasteiger partial charge on any atom is 0.410 e. The van der Waals surface area contributed by atoms with Crippen molar-refractivity contribution in [2.75, 3.05) is 19.6 Å². The van der Waals surface area contributed by atoms with Gasteiger partial charge in [0.2, 0.25) is 0 Å². The Morgan fingerprint density at radius 2 is 2.21 bits per heavy atom. The Kier molecular flexibility index (Phi) is 5.76. The summed E-state index contributed by atoms with van der Waals surface area (Å²) in [5, 5.41) is 2.70. The highest BCUT2D eigenvalue weighted by atomic mass is 32.2. The molecule has 0 saturated carbocycles. The molecule has 0 aliphatic carbocycles. The summed E-state index contributed by atoms with van der Waals surface area (Å²) in [7, 11) is 0. The van der Waals surface area contributed by atoms with Crippen LogP contribution in [0.4, 0.5) is 4.79 Å². The van der Waals surface area contributed by atoms with Gasteiger partial charge in [-0.1, -0.05) is 18.0 Å². The molecule has 1 heterocycles. The monoisotopic (exact) mass is 291 g/mol. The Bertz CT molecular complexity index is 343. The van der Waals surface area contributed by atoms with E-state index in [1.54, 1.807) is 11.8 Å². The van der Waals surface area contributed by atoms with Gasteiger partial charge in [-0.3, -0.25) is 4.21 Å². The standard InChI is InChI=1S/C12H24N2O4S/c1-9(19(16)17)7-10-8-13-5-6-14(10)11(15)18-12(2,3)4/h9-10,13H,5-8H2,1-4H3,(H,16,17)/p-1/t9?,10-/m0/s1. The zero-order valence-electron chi connectivity index (χ0n) is 12.0. The highest BCUT2D eigenvalue weighted by Gasteiger charge is 2.31. The van der Waals surface area contributed by atoms with E-state index in [0.29, 0.717) is 26.1 Å². The van der Waals surface area contributed by atoms with Crippen LogP contribution < -0.4 is 5.32 Å². The molecule has 1 aliphatic heterocycles. The van der Waals surface area contributed by atoms with E-state index in [-0.39, 0.29) is 12.1 Å². The maximum atomic E-state index is 12.1. The minimum absolute atomic E-state index is 0.142. The summed E-state index contributed by atoms with van der Waals surface area (Å²) in [6, 6.07) is -0.142. The number of nitrogens with one attached hydrogen (secondary N) is 1. The fourth-order valence-electron chi connectivity index (χ4n) is 1.99. The lowest BCUT2D eigenvalue weighted by molar-refractivity contribution is 0.0112. The van der Waals surface area contributed by atoms with Crippen molar-refractivity contribution in [2.24, 2.45) is 0 Å². The number of piperazine rings is 1. The molecule has 2 unspecified atom stereocenters. The third-order valence-corrected chi connectivity index (χ3v) is 3.76. The van der Waals surface area contributed by atoms with Gasteiger partial charge in [0.1, 0.15) is 5.60 Å². The van der Waals surface area contributed by atoms with Crippen LogP contribution in [0.1, 0.15) is 34.1 Å². The highest BCUT2D eigenvalue weighted by molar-refractivity contribution is 7.79. The van der Waals surface area contributed by atoms with Gasteiger partial charge in [-0.05, 0) is 27.2 Å². The molecule has 1 N–H and O–H groups in total. The average molecular weight is 291 g/mol. The third-order valence-electron chi connectivity index (χ3n) is 2.91. The normalized spacial score (nSPS) is 23.8. The first-order valence-corrected chi connectivity index (χ1v) is 7.63. The van der Waals surface area contributed by atoms with Crippen molar-refractivity contribution in [3.05, 3.63) is 0 Å². The predicted molar refractivity (Wildman–Crippen MR) is 72.6 cm³/mol. The number of rotatable bonds is 3. The Labute approximate surface area is 117 Å². The SMILES string of the molecule is CC(C[C@H]1CNCCN1C(=O)OC(C)(C)C)S(=O)[O-]. The van der Waals surface area contributed by atoms with Gasteiger partial charge in [-0.15, -0.1) is 0 Å². The molecule has 0 aromatic carbocycles. The molecule has 1 fully saturated rings. The molecule has 1 amide bonds.